The van der Waals surface area contributed by atoms with E-state index in [2.05, 4.69) is 20.5 Å². The Labute approximate surface area is 147 Å². The molecule has 0 aliphatic carbocycles. The van der Waals surface area contributed by atoms with E-state index in [1.807, 2.05) is 55.5 Å². The first-order valence-electron chi connectivity index (χ1n) is 7.29. The number of tetrazole rings is 1. The summed E-state index contributed by atoms with van der Waals surface area (Å²) in [5, 5.41) is 14.5. The summed E-state index contributed by atoms with van der Waals surface area (Å²) in [5.41, 5.74) is 2.92. The Kier molecular flexibility index (Phi) is 3.92. The van der Waals surface area contributed by atoms with Gasteiger partial charge in [-0.15, -0.1) is 5.10 Å². The van der Waals surface area contributed by atoms with Gasteiger partial charge in [0, 0.05) is 21.5 Å². The molecule has 2 heterocycles. The zero-order valence-corrected chi connectivity index (χ0v) is 14.3. The van der Waals surface area contributed by atoms with Crippen molar-refractivity contribution in [1.29, 1.82) is 0 Å². The maximum absolute atomic E-state index is 6.05. The number of aromatic nitrogens is 5. The molecule has 0 aliphatic rings. The molecule has 0 amide bonds. The van der Waals surface area contributed by atoms with Gasteiger partial charge in [0.2, 0.25) is 5.16 Å². The van der Waals surface area contributed by atoms with Gasteiger partial charge < -0.3 is 0 Å². The van der Waals surface area contributed by atoms with Gasteiger partial charge in [-0.25, -0.2) is 0 Å². The van der Waals surface area contributed by atoms with Crippen LogP contribution in [-0.2, 0) is 0 Å². The topological polar surface area (TPSA) is 56.5 Å². The molecule has 0 aliphatic heterocycles. The predicted octanol–water partition coefficient (Wildman–Crippen LogP) is 4.32. The van der Waals surface area contributed by atoms with E-state index in [1.165, 1.54) is 11.8 Å². The van der Waals surface area contributed by atoms with Crippen LogP contribution in [0.3, 0.4) is 0 Å². The van der Waals surface area contributed by atoms with Crippen LogP contribution in [0.2, 0.25) is 5.02 Å². The SMILES string of the molecule is Cc1ccccc1-n1nnnc1Sc1ccnc2cc(Cl)ccc12. The number of rotatable bonds is 3. The molecule has 7 heteroatoms. The van der Waals surface area contributed by atoms with E-state index < -0.39 is 0 Å². The number of hydrogen-bond donors (Lipinski definition) is 0. The number of benzene rings is 2. The molecule has 0 fully saturated rings. The number of aryl methyl sites for hydroxylation is 1. The Bertz CT molecular complexity index is 1030. The summed E-state index contributed by atoms with van der Waals surface area (Å²) in [7, 11) is 0. The van der Waals surface area contributed by atoms with Crippen molar-refractivity contribution in [1.82, 2.24) is 25.2 Å². The molecule has 0 unspecified atom stereocenters. The summed E-state index contributed by atoms with van der Waals surface area (Å²) in [5.74, 6) is 0. The fraction of sp³-hybridized carbons (Fsp3) is 0.0588. The lowest BCUT2D eigenvalue weighted by atomic mass is 10.2. The van der Waals surface area contributed by atoms with Crippen molar-refractivity contribution in [2.24, 2.45) is 0 Å². The van der Waals surface area contributed by atoms with Crippen LogP contribution >= 0.6 is 23.4 Å². The van der Waals surface area contributed by atoms with Crippen LogP contribution in [0.1, 0.15) is 5.56 Å². The first-order valence-corrected chi connectivity index (χ1v) is 8.48. The van der Waals surface area contributed by atoms with Gasteiger partial charge in [0.25, 0.3) is 0 Å². The smallest absolute Gasteiger partial charge is 0.218 e. The lowest BCUT2D eigenvalue weighted by molar-refractivity contribution is 0.752. The van der Waals surface area contributed by atoms with Gasteiger partial charge in [-0.3, -0.25) is 4.98 Å². The minimum atomic E-state index is 0.668. The highest BCUT2D eigenvalue weighted by atomic mass is 35.5. The van der Waals surface area contributed by atoms with E-state index in [4.69, 9.17) is 11.6 Å². The first-order chi connectivity index (χ1) is 11.7. The number of fused-ring (bicyclic) bond motifs is 1. The fourth-order valence-electron chi connectivity index (χ4n) is 2.48. The first kappa shape index (κ1) is 15.1. The summed E-state index contributed by atoms with van der Waals surface area (Å²) in [6.07, 6.45) is 1.77. The Morgan fingerprint density at radius 2 is 1.96 bits per heavy atom. The van der Waals surface area contributed by atoms with Crippen molar-refractivity contribution in [3.05, 3.63) is 65.3 Å². The molecule has 0 radical (unpaired) electrons. The van der Waals surface area contributed by atoms with Gasteiger partial charge >= 0.3 is 0 Å². The molecule has 4 aromatic rings. The monoisotopic (exact) mass is 353 g/mol. The summed E-state index contributed by atoms with van der Waals surface area (Å²) in [6.45, 7) is 2.04. The van der Waals surface area contributed by atoms with E-state index >= 15 is 0 Å². The van der Waals surface area contributed by atoms with E-state index in [1.54, 1.807) is 10.9 Å². The van der Waals surface area contributed by atoms with Gasteiger partial charge in [0.05, 0.1) is 11.2 Å². The maximum Gasteiger partial charge on any atom is 0.218 e. The average Bonchev–Trinajstić information content (AvgIpc) is 3.03. The second kappa shape index (κ2) is 6.22. The van der Waals surface area contributed by atoms with Crippen LogP contribution < -0.4 is 0 Å². The quantitative estimate of drug-likeness (QED) is 0.549. The van der Waals surface area contributed by atoms with Crippen molar-refractivity contribution < 1.29 is 0 Å². The lowest BCUT2D eigenvalue weighted by Crippen LogP contribution is -2.01. The zero-order valence-electron chi connectivity index (χ0n) is 12.7. The van der Waals surface area contributed by atoms with Crippen molar-refractivity contribution in [2.45, 2.75) is 17.0 Å². The van der Waals surface area contributed by atoms with Gasteiger partial charge in [-0.1, -0.05) is 35.9 Å². The number of nitrogens with zero attached hydrogens (tertiary/aromatic N) is 5. The number of para-hydroxylation sites is 1. The highest BCUT2D eigenvalue weighted by molar-refractivity contribution is 7.99. The van der Waals surface area contributed by atoms with Crippen molar-refractivity contribution >= 4 is 34.3 Å². The van der Waals surface area contributed by atoms with Gasteiger partial charge in [0.15, 0.2) is 0 Å². The molecule has 0 bridgehead atoms. The van der Waals surface area contributed by atoms with Gasteiger partial charge in [-0.2, -0.15) is 4.68 Å². The van der Waals surface area contributed by atoms with Gasteiger partial charge in [-0.05, 0) is 58.9 Å². The third-order valence-electron chi connectivity index (χ3n) is 3.65. The molecular formula is C17H12ClN5S. The Morgan fingerprint density at radius 1 is 1.08 bits per heavy atom. The molecule has 0 saturated heterocycles. The van der Waals surface area contributed by atoms with Crippen LogP contribution in [0.4, 0.5) is 0 Å². The summed E-state index contributed by atoms with van der Waals surface area (Å²) >= 11 is 7.56. The second-order valence-corrected chi connectivity index (χ2v) is 6.68. The number of hydrogen-bond acceptors (Lipinski definition) is 5. The lowest BCUT2D eigenvalue weighted by Gasteiger charge is -2.08. The molecule has 5 nitrogen and oxygen atoms in total. The highest BCUT2D eigenvalue weighted by Crippen LogP contribution is 2.33. The van der Waals surface area contributed by atoms with Crippen molar-refractivity contribution in [3.8, 4) is 5.69 Å². The van der Waals surface area contributed by atoms with E-state index in [-0.39, 0.29) is 0 Å². The summed E-state index contributed by atoms with van der Waals surface area (Å²) in [4.78, 5) is 5.40. The Hall–Kier alpha value is -2.44. The minimum absolute atomic E-state index is 0.668. The van der Waals surface area contributed by atoms with E-state index in [9.17, 15) is 0 Å². The average molecular weight is 354 g/mol. The normalized spacial score (nSPS) is 11.1. The Morgan fingerprint density at radius 3 is 2.83 bits per heavy atom. The largest absolute Gasteiger partial charge is 0.256 e. The number of pyridine rings is 1. The predicted molar refractivity (Wildman–Crippen MR) is 94.8 cm³/mol. The number of halogens is 1. The molecule has 4 rings (SSSR count). The van der Waals surface area contributed by atoms with Crippen LogP contribution in [0.5, 0.6) is 0 Å². The molecule has 0 spiro atoms. The molecule has 24 heavy (non-hydrogen) atoms. The second-order valence-electron chi connectivity index (χ2n) is 5.23. The zero-order chi connectivity index (χ0) is 16.5. The molecule has 2 aromatic carbocycles. The van der Waals surface area contributed by atoms with Gasteiger partial charge in [0.1, 0.15) is 0 Å². The van der Waals surface area contributed by atoms with Crippen LogP contribution in [0.25, 0.3) is 16.6 Å². The van der Waals surface area contributed by atoms with Crippen LogP contribution in [-0.4, -0.2) is 25.2 Å². The third kappa shape index (κ3) is 2.74. The summed E-state index contributed by atoms with van der Waals surface area (Å²) in [6, 6.07) is 15.6. The van der Waals surface area contributed by atoms with E-state index in [0.29, 0.717) is 10.2 Å². The van der Waals surface area contributed by atoms with E-state index in [0.717, 1.165) is 27.0 Å². The van der Waals surface area contributed by atoms with Crippen LogP contribution in [0, 0.1) is 6.92 Å². The molecule has 0 saturated carbocycles. The maximum atomic E-state index is 6.05. The molecular weight excluding hydrogens is 342 g/mol. The molecule has 118 valence electrons. The molecule has 0 atom stereocenters. The minimum Gasteiger partial charge on any atom is -0.256 e. The standard InChI is InChI=1S/C17H12ClN5S/c1-11-4-2-3-5-15(11)23-17(20-21-22-23)24-16-8-9-19-14-10-12(18)6-7-13(14)16/h2-10H,1H3. The van der Waals surface area contributed by atoms with Crippen molar-refractivity contribution in [3.63, 3.8) is 0 Å². The highest BCUT2D eigenvalue weighted by Gasteiger charge is 2.13. The third-order valence-corrected chi connectivity index (χ3v) is 4.90. The summed E-state index contributed by atoms with van der Waals surface area (Å²) < 4.78 is 1.75. The molecule has 2 aromatic heterocycles. The van der Waals surface area contributed by atoms with Crippen LogP contribution in [0.15, 0.2) is 64.8 Å². The Balaban J connectivity index is 1.78. The van der Waals surface area contributed by atoms with Crippen molar-refractivity contribution in [2.75, 3.05) is 0 Å². The molecule has 0 N–H and O–H groups in total. The fourth-order valence-corrected chi connectivity index (χ4v) is 3.55.